The molecule has 2 aromatic rings. The first-order valence-electron chi connectivity index (χ1n) is 11.6. The fourth-order valence-electron chi connectivity index (χ4n) is 6.99. The molecule has 0 radical (unpaired) electrons. The molecule has 7 rings (SSSR count). The predicted octanol–water partition coefficient (Wildman–Crippen LogP) is 4.01. The maximum absolute atomic E-state index is 13.4. The molecular formula is C24H28N4O3S. The first-order chi connectivity index (χ1) is 15.3. The third-order valence-corrected chi connectivity index (χ3v) is 9.43. The molecule has 7 nitrogen and oxygen atoms in total. The number of thiazole rings is 1. The second-order valence-electron chi connectivity index (χ2n) is 10.4. The van der Waals surface area contributed by atoms with Crippen LogP contribution in [-0.4, -0.2) is 56.8 Å². The van der Waals surface area contributed by atoms with Crippen LogP contribution >= 0.6 is 11.3 Å². The summed E-state index contributed by atoms with van der Waals surface area (Å²) in [6.07, 6.45) is 6.27. The SMILES string of the molecule is CC(c1nc2ccccc2s1)N(C)CN1C(=O)C(=O)N(C23CC4CC(CC(C4)C2)C3)C1=O. The number of carbonyl (C=O) groups excluding carboxylic acids is 3. The van der Waals surface area contributed by atoms with Crippen molar-refractivity contribution >= 4 is 39.4 Å². The van der Waals surface area contributed by atoms with Crippen molar-refractivity contribution in [3.05, 3.63) is 29.3 Å². The second-order valence-corrected chi connectivity index (χ2v) is 11.5. The highest BCUT2D eigenvalue weighted by atomic mass is 32.1. The van der Waals surface area contributed by atoms with E-state index in [-0.39, 0.29) is 12.7 Å². The number of urea groups is 1. The number of aromatic nitrogens is 1. The molecule has 2 heterocycles. The summed E-state index contributed by atoms with van der Waals surface area (Å²) in [4.78, 5) is 48.6. The third-order valence-electron chi connectivity index (χ3n) is 8.23. The van der Waals surface area contributed by atoms with Crippen molar-refractivity contribution in [2.24, 2.45) is 17.8 Å². The zero-order valence-electron chi connectivity index (χ0n) is 18.5. The number of rotatable bonds is 5. The van der Waals surface area contributed by atoms with Crippen LogP contribution in [0.2, 0.25) is 0 Å². The molecule has 1 saturated heterocycles. The number of nitrogens with zero attached hydrogens (tertiary/aromatic N) is 4. The van der Waals surface area contributed by atoms with E-state index >= 15 is 0 Å². The highest BCUT2D eigenvalue weighted by Gasteiger charge is 2.61. The third kappa shape index (κ3) is 2.95. The van der Waals surface area contributed by atoms with Crippen molar-refractivity contribution < 1.29 is 14.4 Å². The molecule has 1 unspecified atom stereocenters. The fraction of sp³-hybridized carbons (Fsp3) is 0.583. The lowest BCUT2D eigenvalue weighted by molar-refractivity contribution is -0.150. The maximum atomic E-state index is 13.4. The average Bonchev–Trinajstić information content (AvgIpc) is 3.27. The fourth-order valence-corrected chi connectivity index (χ4v) is 8.07. The van der Waals surface area contributed by atoms with Crippen LogP contribution in [0.25, 0.3) is 10.2 Å². The van der Waals surface area contributed by atoms with E-state index in [9.17, 15) is 14.4 Å². The number of carbonyl (C=O) groups is 3. The molecular weight excluding hydrogens is 424 g/mol. The van der Waals surface area contributed by atoms with E-state index in [4.69, 9.17) is 4.98 Å². The molecule has 0 N–H and O–H groups in total. The smallest absolute Gasteiger partial charge is 0.279 e. The molecule has 32 heavy (non-hydrogen) atoms. The standard InChI is InChI=1S/C24H28N4O3S/c1-14(20-25-18-5-3-4-6-19(18)32-20)26(2)13-27-21(29)22(30)28(23(27)31)24-10-15-7-16(11-24)9-17(8-15)12-24/h3-6,14-17H,7-13H2,1-2H3. The Bertz CT molecular complexity index is 1060. The minimum atomic E-state index is -0.686. The van der Waals surface area contributed by atoms with Gasteiger partial charge in [0.25, 0.3) is 0 Å². The van der Waals surface area contributed by atoms with Gasteiger partial charge < -0.3 is 0 Å². The van der Waals surface area contributed by atoms with Crippen molar-refractivity contribution in [3.63, 3.8) is 0 Å². The summed E-state index contributed by atoms with van der Waals surface area (Å²) in [7, 11) is 1.87. The normalized spacial score (nSPS) is 32.7. The Morgan fingerprint density at radius 3 is 2.31 bits per heavy atom. The largest absolute Gasteiger partial charge is 0.335 e. The van der Waals surface area contributed by atoms with Crippen LogP contribution in [0, 0.1) is 17.8 Å². The van der Waals surface area contributed by atoms with E-state index in [1.807, 2.05) is 43.1 Å². The van der Waals surface area contributed by atoms with Gasteiger partial charge in [0.05, 0.1) is 28.5 Å². The van der Waals surface area contributed by atoms with Gasteiger partial charge in [0, 0.05) is 0 Å². The van der Waals surface area contributed by atoms with Gasteiger partial charge in [-0.1, -0.05) is 12.1 Å². The number of para-hydroxylation sites is 1. The molecule has 0 spiro atoms. The number of hydrogen-bond acceptors (Lipinski definition) is 6. The van der Waals surface area contributed by atoms with E-state index < -0.39 is 23.4 Å². The zero-order chi connectivity index (χ0) is 22.2. The number of amides is 4. The van der Waals surface area contributed by atoms with Gasteiger partial charge in [-0.2, -0.15) is 0 Å². The van der Waals surface area contributed by atoms with Gasteiger partial charge >= 0.3 is 17.8 Å². The number of benzene rings is 1. The molecule has 5 fully saturated rings. The Balaban J connectivity index is 1.22. The summed E-state index contributed by atoms with van der Waals surface area (Å²) >= 11 is 1.61. The monoisotopic (exact) mass is 452 g/mol. The molecule has 1 aliphatic heterocycles. The second kappa shape index (κ2) is 7.09. The molecule has 4 bridgehead atoms. The van der Waals surface area contributed by atoms with Crippen molar-refractivity contribution in [1.82, 2.24) is 19.7 Å². The van der Waals surface area contributed by atoms with E-state index in [1.54, 1.807) is 11.3 Å². The van der Waals surface area contributed by atoms with Crippen molar-refractivity contribution in [3.8, 4) is 0 Å². The van der Waals surface area contributed by atoms with Crippen molar-refractivity contribution in [2.75, 3.05) is 13.7 Å². The van der Waals surface area contributed by atoms with E-state index in [0.717, 1.165) is 39.4 Å². The molecule has 4 saturated carbocycles. The molecule has 1 aromatic carbocycles. The van der Waals surface area contributed by atoms with Gasteiger partial charge in [-0.05, 0) is 82.4 Å². The van der Waals surface area contributed by atoms with Gasteiger partial charge in [-0.15, -0.1) is 11.3 Å². The zero-order valence-corrected chi connectivity index (χ0v) is 19.3. The molecule has 4 amide bonds. The predicted molar refractivity (Wildman–Crippen MR) is 121 cm³/mol. The van der Waals surface area contributed by atoms with E-state index in [1.165, 1.54) is 24.2 Å². The minimum Gasteiger partial charge on any atom is -0.279 e. The molecule has 8 heteroatoms. The number of hydrogen-bond donors (Lipinski definition) is 0. The lowest BCUT2D eigenvalue weighted by atomic mass is 9.52. The Morgan fingerprint density at radius 2 is 1.69 bits per heavy atom. The Morgan fingerprint density at radius 1 is 1.06 bits per heavy atom. The Kier molecular flexibility index (Phi) is 4.50. The highest BCUT2D eigenvalue weighted by molar-refractivity contribution is 7.18. The Labute approximate surface area is 191 Å². The van der Waals surface area contributed by atoms with Gasteiger partial charge in [0.15, 0.2) is 0 Å². The minimum absolute atomic E-state index is 0.0864. The van der Waals surface area contributed by atoms with Crippen molar-refractivity contribution in [1.29, 1.82) is 0 Å². The number of imide groups is 2. The average molecular weight is 453 g/mol. The van der Waals surface area contributed by atoms with Crippen molar-refractivity contribution in [2.45, 2.75) is 57.0 Å². The van der Waals surface area contributed by atoms with E-state index in [0.29, 0.717) is 17.8 Å². The summed E-state index contributed by atoms with van der Waals surface area (Å²) in [5.41, 5.74) is 0.508. The molecule has 5 aliphatic rings. The summed E-state index contributed by atoms with van der Waals surface area (Å²) in [6, 6.07) is 7.47. The van der Waals surface area contributed by atoms with Crippen LogP contribution in [0.15, 0.2) is 24.3 Å². The lowest BCUT2D eigenvalue weighted by Crippen LogP contribution is -2.62. The van der Waals surface area contributed by atoms with Crippen LogP contribution in [0.3, 0.4) is 0 Å². The summed E-state index contributed by atoms with van der Waals surface area (Å²) in [5, 5.41) is 0.928. The molecule has 1 aromatic heterocycles. The van der Waals surface area contributed by atoms with Crippen LogP contribution in [0.4, 0.5) is 4.79 Å². The maximum Gasteiger partial charge on any atom is 0.335 e. The van der Waals surface area contributed by atoms with Gasteiger partial charge in [-0.3, -0.25) is 14.5 Å². The first kappa shape index (κ1) is 20.3. The summed E-state index contributed by atoms with van der Waals surface area (Å²) < 4.78 is 1.11. The van der Waals surface area contributed by atoms with E-state index in [2.05, 4.69) is 0 Å². The quantitative estimate of drug-likeness (QED) is 0.506. The first-order valence-corrected chi connectivity index (χ1v) is 12.4. The van der Waals surface area contributed by atoms with Crippen LogP contribution in [0.5, 0.6) is 0 Å². The molecule has 168 valence electrons. The molecule has 4 aliphatic carbocycles. The summed E-state index contributed by atoms with van der Waals surface area (Å²) in [5.74, 6) is 0.459. The van der Waals surface area contributed by atoms with Crippen LogP contribution in [-0.2, 0) is 9.59 Å². The van der Waals surface area contributed by atoms with Crippen LogP contribution in [0.1, 0.15) is 56.5 Å². The Hall–Kier alpha value is -2.32. The highest BCUT2D eigenvalue weighted by Crippen LogP contribution is 2.58. The molecule has 1 atom stereocenters. The number of fused-ring (bicyclic) bond motifs is 1. The lowest BCUT2D eigenvalue weighted by Gasteiger charge is -2.58. The van der Waals surface area contributed by atoms with Gasteiger partial charge in [0.2, 0.25) is 0 Å². The van der Waals surface area contributed by atoms with Gasteiger partial charge in [-0.25, -0.2) is 19.6 Å². The van der Waals surface area contributed by atoms with Crippen LogP contribution < -0.4 is 0 Å². The van der Waals surface area contributed by atoms with Gasteiger partial charge in [0.1, 0.15) is 5.01 Å². The summed E-state index contributed by atoms with van der Waals surface area (Å²) in [6.45, 7) is 2.10. The topological polar surface area (TPSA) is 73.8 Å².